The van der Waals surface area contributed by atoms with Gasteiger partial charge in [0, 0.05) is 35.2 Å². The highest BCUT2D eigenvalue weighted by Gasteiger charge is 2.45. The smallest absolute Gasteiger partial charge is 0.343 e. The van der Waals surface area contributed by atoms with Gasteiger partial charge in [0.05, 0.1) is 41.0 Å². The number of anilines is 1. The molecule has 2 aliphatic heterocycles. The third-order valence-corrected chi connectivity index (χ3v) is 8.96. The number of rotatable bonds is 6. The van der Waals surface area contributed by atoms with Gasteiger partial charge in [-0.3, -0.25) is 4.79 Å². The molecule has 2 aromatic heterocycles. The molecule has 202 valence electrons. The SMILES string of the molecule is CC[C@@]1(O)C(=O)OCc2c1cc1n(c2=O)Cc2c-1nc1cc(F)c(N)cc1c2CCN(C(C)C)S(C)(=O)=O. The van der Waals surface area contributed by atoms with Gasteiger partial charge in [0.25, 0.3) is 5.56 Å². The predicted molar refractivity (Wildman–Crippen MR) is 139 cm³/mol. The minimum Gasteiger partial charge on any atom is -0.458 e. The van der Waals surface area contributed by atoms with Gasteiger partial charge in [-0.1, -0.05) is 6.92 Å². The van der Waals surface area contributed by atoms with Crippen LogP contribution in [0, 0.1) is 5.82 Å². The Kier molecular flexibility index (Phi) is 6.12. The largest absolute Gasteiger partial charge is 0.458 e. The number of cyclic esters (lactones) is 1. The summed E-state index contributed by atoms with van der Waals surface area (Å²) < 4.78 is 47.3. The lowest BCUT2D eigenvalue weighted by Gasteiger charge is -2.31. The highest BCUT2D eigenvalue weighted by atomic mass is 32.2. The number of nitrogens with two attached hydrogens (primary N) is 1. The second kappa shape index (κ2) is 8.85. The van der Waals surface area contributed by atoms with Crippen LogP contribution in [0.4, 0.5) is 10.1 Å². The van der Waals surface area contributed by atoms with Crippen LogP contribution in [-0.2, 0) is 44.7 Å². The van der Waals surface area contributed by atoms with E-state index >= 15 is 0 Å². The van der Waals surface area contributed by atoms with Crippen molar-refractivity contribution < 1.29 is 27.4 Å². The molecule has 0 aliphatic carbocycles. The fraction of sp³-hybridized carbons (Fsp3) is 0.423. The zero-order valence-corrected chi connectivity index (χ0v) is 22.4. The molecule has 1 aromatic carbocycles. The number of hydrogen-bond donors (Lipinski definition) is 2. The number of esters is 1. The van der Waals surface area contributed by atoms with E-state index in [9.17, 15) is 27.5 Å². The normalized spacial score (nSPS) is 18.6. The molecular formula is C26H29FN4O6S. The number of pyridine rings is 2. The number of carbonyl (C=O) groups excluding carboxylic acids is 1. The topological polar surface area (TPSA) is 145 Å². The first-order chi connectivity index (χ1) is 17.8. The Bertz CT molecular complexity index is 1680. The zero-order valence-electron chi connectivity index (χ0n) is 21.5. The molecule has 38 heavy (non-hydrogen) atoms. The predicted octanol–water partition coefficient (Wildman–Crippen LogP) is 2.01. The molecule has 3 N–H and O–H groups in total. The summed E-state index contributed by atoms with van der Waals surface area (Å²) in [5, 5.41) is 11.7. The lowest BCUT2D eigenvalue weighted by molar-refractivity contribution is -0.172. The minimum atomic E-state index is -3.50. The second-order valence-electron chi connectivity index (χ2n) is 10.1. The molecule has 4 heterocycles. The monoisotopic (exact) mass is 544 g/mol. The Labute approximate surface area is 218 Å². The summed E-state index contributed by atoms with van der Waals surface area (Å²) in [6.45, 7) is 5.20. The van der Waals surface area contributed by atoms with Crippen LogP contribution in [0.1, 0.15) is 49.4 Å². The number of nitrogens with zero attached hydrogens (tertiary/aromatic N) is 3. The summed E-state index contributed by atoms with van der Waals surface area (Å²) in [6, 6.07) is 3.99. The van der Waals surface area contributed by atoms with Gasteiger partial charge in [-0.25, -0.2) is 22.6 Å². The highest BCUT2D eigenvalue weighted by molar-refractivity contribution is 7.88. The van der Waals surface area contributed by atoms with E-state index in [2.05, 4.69) is 4.98 Å². The molecule has 12 heteroatoms. The molecule has 0 amide bonds. The quantitative estimate of drug-likeness (QED) is 0.277. The Hall–Kier alpha value is -3.35. The second-order valence-corrected chi connectivity index (χ2v) is 12.1. The number of carbonyl (C=O) groups is 1. The van der Waals surface area contributed by atoms with Gasteiger partial charge < -0.3 is 20.1 Å². The summed E-state index contributed by atoms with van der Waals surface area (Å²) in [6.07, 6.45) is 1.42. The summed E-state index contributed by atoms with van der Waals surface area (Å²) in [4.78, 5) is 30.7. The van der Waals surface area contributed by atoms with Crippen LogP contribution in [0.3, 0.4) is 0 Å². The molecular weight excluding hydrogens is 515 g/mol. The maximum atomic E-state index is 14.5. The fourth-order valence-corrected chi connectivity index (χ4v) is 6.70. The molecule has 0 saturated carbocycles. The van der Waals surface area contributed by atoms with Crippen molar-refractivity contribution in [3.05, 3.63) is 56.6 Å². The van der Waals surface area contributed by atoms with Gasteiger partial charge >= 0.3 is 5.97 Å². The van der Waals surface area contributed by atoms with E-state index in [0.717, 1.165) is 6.26 Å². The van der Waals surface area contributed by atoms with Crippen LogP contribution >= 0.6 is 0 Å². The molecule has 0 radical (unpaired) electrons. The van der Waals surface area contributed by atoms with Gasteiger partial charge in [-0.05, 0) is 44.4 Å². The zero-order chi connectivity index (χ0) is 27.7. The van der Waals surface area contributed by atoms with E-state index in [0.29, 0.717) is 33.4 Å². The highest BCUT2D eigenvalue weighted by Crippen LogP contribution is 2.40. The number of hydrogen-bond acceptors (Lipinski definition) is 8. The number of ether oxygens (including phenoxy) is 1. The summed E-state index contributed by atoms with van der Waals surface area (Å²) in [7, 11) is -3.50. The van der Waals surface area contributed by atoms with Crippen molar-refractivity contribution in [2.24, 2.45) is 0 Å². The van der Waals surface area contributed by atoms with Crippen molar-refractivity contribution in [2.75, 3.05) is 18.5 Å². The molecule has 0 bridgehead atoms. The van der Waals surface area contributed by atoms with Crippen molar-refractivity contribution >= 4 is 32.6 Å². The number of sulfonamides is 1. The lowest BCUT2D eigenvalue weighted by atomic mass is 9.86. The molecule has 2 aliphatic rings. The Morgan fingerprint density at radius 2 is 1.97 bits per heavy atom. The molecule has 1 atom stereocenters. The number of benzene rings is 1. The van der Waals surface area contributed by atoms with E-state index in [1.165, 1.54) is 21.0 Å². The standard InChI is InChI=1S/C26H29FN4O6S/c1-5-26(34)18-9-22-23-16(11-30(22)24(32)17(18)12-37-25(26)33)14(6-7-31(13(2)3)38(4,35)36)15-8-20(28)19(27)10-21(15)29-23/h8-10,13,34H,5-7,11-12,28H2,1-4H3/t26-/m0/s1. The number of halogens is 1. The van der Waals surface area contributed by atoms with Crippen LogP contribution in [0.5, 0.6) is 0 Å². The van der Waals surface area contributed by atoms with E-state index in [-0.39, 0.29) is 55.4 Å². The number of aromatic nitrogens is 2. The first-order valence-electron chi connectivity index (χ1n) is 12.3. The average Bonchev–Trinajstić information content (AvgIpc) is 3.20. The van der Waals surface area contributed by atoms with Crippen molar-refractivity contribution in [1.82, 2.24) is 13.9 Å². The minimum absolute atomic E-state index is 0.00595. The Morgan fingerprint density at radius 3 is 2.61 bits per heavy atom. The van der Waals surface area contributed by atoms with Crippen molar-refractivity contribution in [1.29, 1.82) is 0 Å². The number of nitrogen functional groups attached to an aromatic ring is 1. The fourth-order valence-electron chi connectivity index (χ4n) is 5.51. The Balaban J connectivity index is 1.74. The van der Waals surface area contributed by atoms with Crippen LogP contribution in [0.2, 0.25) is 0 Å². The van der Waals surface area contributed by atoms with Crippen molar-refractivity contribution in [3.63, 3.8) is 0 Å². The van der Waals surface area contributed by atoms with Gasteiger partial charge in [0.1, 0.15) is 12.4 Å². The van der Waals surface area contributed by atoms with Crippen LogP contribution in [0.15, 0.2) is 23.0 Å². The molecule has 0 saturated heterocycles. The van der Waals surface area contributed by atoms with Gasteiger partial charge in [-0.2, -0.15) is 4.31 Å². The van der Waals surface area contributed by atoms with E-state index in [1.54, 1.807) is 26.8 Å². The first-order valence-corrected chi connectivity index (χ1v) is 14.2. The molecule has 0 fully saturated rings. The summed E-state index contributed by atoms with van der Waals surface area (Å²) in [5.74, 6) is -1.48. The summed E-state index contributed by atoms with van der Waals surface area (Å²) >= 11 is 0. The van der Waals surface area contributed by atoms with E-state index < -0.39 is 33.0 Å². The lowest BCUT2D eigenvalue weighted by Crippen LogP contribution is -2.44. The molecule has 0 unspecified atom stereocenters. The number of aliphatic hydroxyl groups is 1. The third-order valence-electron chi connectivity index (χ3n) is 7.51. The van der Waals surface area contributed by atoms with Crippen molar-refractivity contribution in [3.8, 4) is 11.4 Å². The molecule has 3 aromatic rings. The van der Waals surface area contributed by atoms with Crippen LogP contribution in [0.25, 0.3) is 22.3 Å². The first kappa shape index (κ1) is 26.3. The van der Waals surface area contributed by atoms with Crippen LogP contribution < -0.4 is 11.3 Å². The molecule has 0 spiro atoms. The van der Waals surface area contributed by atoms with Crippen LogP contribution in [-0.4, -0.2) is 52.2 Å². The van der Waals surface area contributed by atoms with Gasteiger partial charge in [-0.15, -0.1) is 0 Å². The average molecular weight is 545 g/mol. The van der Waals surface area contributed by atoms with E-state index in [1.807, 2.05) is 0 Å². The maximum Gasteiger partial charge on any atom is 0.343 e. The molecule has 10 nitrogen and oxygen atoms in total. The summed E-state index contributed by atoms with van der Waals surface area (Å²) in [5.41, 5.74) is 6.24. The van der Waals surface area contributed by atoms with Crippen molar-refractivity contribution in [2.45, 2.75) is 58.4 Å². The number of fused-ring (bicyclic) bond motifs is 5. The van der Waals surface area contributed by atoms with E-state index in [4.69, 9.17) is 10.5 Å². The van der Waals surface area contributed by atoms with Gasteiger partial charge in [0.2, 0.25) is 10.0 Å². The maximum absolute atomic E-state index is 14.5. The third kappa shape index (κ3) is 3.89. The van der Waals surface area contributed by atoms with Gasteiger partial charge in [0.15, 0.2) is 5.60 Å². The Morgan fingerprint density at radius 1 is 1.26 bits per heavy atom. The molecule has 5 rings (SSSR count).